The predicted octanol–water partition coefficient (Wildman–Crippen LogP) is 1.06. The summed E-state index contributed by atoms with van der Waals surface area (Å²) in [5.74, 6) is -0.0930. The Morgan fingerprint density at radius 1 is 1.29 bits per heavy atom. The first-order valence-corrected chi connectivity index (χ1v) is 8.57. The van der Waals surface area contributed by atoms with Crippen LogP contribution in [-0.4, -0.2) is 33.0 Å². The van der Waals surface area contributed by atoms with E-state index in [2.05, 4.69) is 15.4 Å². The van der Waals surface area contributed by atoms with Gasteiger partial charge in [-0.1, -0.05) is 0 Å². The van der Waals surface area contributed by atoms with Gasteiger partial charge in [0.2, 0.25) is 15.9 Å². The standard InChI is InChI=1S/C14H21N3O3S/c1-3-15-14(18)10(2)16-11-6-8-13(9-7-11)21(19,20)17-12-4-5-12/h6-10,12,16-17H,3-5H2,1-2H3,(H,15,18). The van der Waals surface area contributed by atoms with E-state index in [0.717, 1.165) is 12.8 Å². The van der Waals surface area contributed by atoms with Gasteiger partial charge in [-0.05, 0) is 51.0 Å². The highest BCUT2D eigenvalue weighted by atomic mass is 32.2. The minimum atomic E-state index is -3.42. The lowest BCUT2D eigenvalue weighted by Gasteiger charge is -2.15. The van der Waals surface area contributed by atoms with Crippen LogP contribution in [0.25, 0.3) is 0 Å². The molecule has 6 nitrogen and oxygen atoms in total. The molecule has 116 valence electrons. The SMILES string of the molecule is CCNC(=O)C(C)Nc1ccc(S(=O)(=O)NC2CC2)cc1. The van der Waals surface area contributed by atoms with E-state index in [1.54, 1.807) is 19.1 Å². The topological polar surface area (TPSA) is 87.3 Å². The Balaban J connectivity index is 2.00. The molecular weight excluding hydrogens is 290 g/mol. The van der Waals surface area contributed by atoms with Gasteiger partial charge in [0.25, 0.3) is 0 Å². The van der Waals surface area contributed by atoms with E-state index in [4.69, 9.17) is 0 Å². The minimum Gasteiger partial charge on any atom is -0.374 e. The van der Waals surface area contributed by atoms with Crippen LogP contribution in [0.5, 0.6) is 0 Å². The summed E-state index contributed by atoms with van der Waals surface area (Å²) in [7, 11) is -3.42. The number of likely N-dealkylation sites (N-methyl/N-ethyl adjacent to an activating group) is 1. The van der Waals surface area contributed by atoms with Gasteiger partial charge >= 0.3 is 0 Å². The van der Waals surface area contributed by atoms with Crippen LogP contribution in [0, 0.1) is 0 Å². The summed E-state index contributed by atoms with van der Waals surface area (Å²) >= 11 is 0. The highest BCUT2D eigenvalue weighted by Crippen LogP contribution is 2.22. The number of nitrogens with one attached hydrogen (secondary N) is 3. The maximum absolute atomic E-state index is 12.0. The molecule has 1 aliphatic carbocycles. The second kappa shape index (κ2) is 6.44. The van der Waals surface area contributed by atoms with Crippen molar-refractivity contribution in [3.8, 4) is 0 Å². The molecule has 7 heteroatoms. The fraction of sp³-hybridized carbons (Fsp3) is 0.500. The number of amides is 1. The zero-order valence-corrected chi connectivity index (χ0v) is 13.0. The second-order valence-corrected chi connectivity index (χ2v) is 6.89. The molecule has 1 aromatic rings. The number of carbonyl (C=O) groups excluding carboxylic acids is 1. The molecule has 0 aromatic heterocycles. The molecule has 2 rings (SSSR count). The van der Waals surface area contributed by atoms with Gasteiger partial charge in [-0.15, -0.1) is 0 Å². The van der Waals surface area contributed by atoms with E-state index in [9.17, 15) is 13.2 Å². The van der Waals surface area contributed by atoms with Gasteiger partial charge in [0.05, 0.1) is 4.90 Å². The average Bonchev–Trinajstić information content (AvgIpc) is 3.23. The summed E-state index contributed by atoms with van der Waals surface area (Å²) in [6.07, 6.45) is 1.81. The molecule has 0 radical (unpaired) electrons. The van der Waals surface area contributed by atoms with E-state index in [-0.39, 0.29) is 22.9 Å². The van der Waals surface area contributed by atoms with Gasteiger partial charge < -0.3 is 10.6 Å². The molecule has 1 atom stereocenters. The highest BCUT2D eigenvalue weighted by molar-refractivity contribution is 7.89. The van der Waals surface area contributed by atoms with Gasteiger partial charge in [0.15, 0.2) is 0 Å². The summed E-state index contributed by atoms with van der Waals surface area (Å²) in [5, 5.41) is 5.75. The zero-order chi connectivity index (χ0) is 15.5. The fourth-order valence-electron chi connectivity index (χ4n) is 1.86. The monoisotopic (exact) mass is 311 g/mol. The number of anilines is 1. The van der Waals surface area contributed by atoms with Crippen molar-refractivity contribution in [3.63, 3.8) is 0 Å². The number of hydrogen-bond donors (Lipinski definition) is 3. The maximum atomic E-state index is 12.0. The van der Waals surface area contributed by atoms with Crippen LogP contribution in [0.4, 0.5) is 5.69 Å². The quantitative estimate of drug-likeness (QED) is 0.703. The first-order valence-electron chi connectivity index (χ1n) is 7.09. The first kappa shape index (κ1) is 15.8. The van der Waals surface area contributed by atoms with Crippen LogP contribution in [0.15, 0.2) is 29.2 Å². The van der Waals surface area contributed by atoms with Gasteiger partial charge in [-0.3, -0.25) is 4.79 Å². The molecule has 1 unspecified atom stereocenters. The lowest BCUT2D eigenvalue weighted by atomic mass is 10.2. The number of sulfonamides is 1. The van der Waals surface area contributed by atoms with E-state index in [0.29, 0.717) is 12.2 Å². The smallest absolute Gasteiger partial charge is 0.242 e. The maximum Gasteiger partial charge on any atom is 0.242 e. The van der Waals surface area contributed by atoms with E-state index >= 15 is 0 Å². The number of carbonyl (C=O) groups is 1. The van der Waals surface area contributed by atoms with Crippen molar-refractivity contribution in [2.45, 2.75) is 43.7 Å². The average molecular weight is 311 g/mol. The van der Waals surface area contributed by atoms with Crippen LogP contribution in [0.3, 0.4) is 0 Å². The van der Waals surface area contributed by atoms with Crippen LogP contribution in [0.1, 0.15) is 26.7 Å². The molecule has 3 N–H and O–H groups in total. The lowest BCUT2D eigenvalue weighted by Crippen LogP contribution is -2.37. The molecule has 0 spiro atoms. The van der Waals surface area contributed by atoms with Crippen molar-refractivity contribution in [2.24, 2.45) is 0 Å². The number of hydrogen-bond acceptors (Lipinski definition) is 4. The van der Waals surface area contributed by atoms with Crippen LogP contribution < -0.4 is 15.4 Å². The molecular formula is C14H21N3O3S. The van der Waals surface area contributed by atoms with Crippen LogP contribution in [0.2, 0.25) is 0 Å². The van der Waals surface area contributed by atoms with Gasteiger partial charge in [-0.2, -0.15) is 0 Å². The Labute approximate surface area is 125 Å². The Kier molecular flexibility index (Phi) is 4.84. The van der Waals surface area contributed by atoms with Crippen LogP contribution in [-0.2, 0) is 14.8 Å². The van der Waals surface area contributed by atoms with E-state index < -0.39 is 10.0 Å². The third kappa shape index (κ3) is 4.44. The van der Waals surface area contributed by atoms with Crippen molar-refractivity contribution >= 4 is 21.6 Å². The van der Waals surface area contributed by atoms with Crippen molar-refractivity contribution < 1.29 is 13.2 Å². The van der Waals surface area contributed by atoms with Crippen molar-refractivity contribution in [2.75, 3.05) is 11.9 Å². The molecule has 21 heavy (non-hydrogen) atoms. The Hall–Kier alpha value is -1.60. The zero-order valence-electron chi connectivity index (χ0n) is 12.2. The van der Waals surface area contributed by atoms with Crippen molar-refractivity contribution in [3.05, 3.63) is 24.3 Å². The summed E-state index contributed by atoms with van der Waals surface area (Å²) in [6.45, 7) is 4.19. The molecule has 0 saturated heterocycles. The third-order valence-electron chi connectivity index (χ3n) is 3.19. The molecule has 1 fully saturated rings. The summed E-state index contributed by atoms with van der Waals surface area (Å²) in [4.78, 5) is 11.9. The third-order valence-corrected chi connectivity index (χ3v) is 4.73. The molecule has 1 saturated carbocycles. The predicted molar refractivity (Wildman–Crippen MR) is 81.6 cm³/mol. The summed E-state index contributed by atoms with van der Waals surface area (Å²) < 4.78 is 26.7. The first-order chi connectivity index (χ1) is 9.92. The van der Waals surface area contributed by atoms with Crippen LogP contribution >= 0.6 is 0 Å². The Morgan fingerprint density at radius 3 is 2.43 bits per heavy atom. The van der Waals surface area contributed by atoms with Gasteiger partial charge in [0, 0.05) is 18.3 Å². The largest absolute Gasteiger partial charge is 0.374 e. The molecule has 1 aliphatic rings. The Morgan fingerprint density at radius 2 is 1.90 bits per heavy atom. The lowest BCUT2D eigenvalue weighted by molar-refractivity contribution is -0.121. The van der Waals surface area contributed by atoms with E-state index in [1.165, 1.54) is 12.1 Å². The number of rotatable bonds is 7. The minimum absolute atomic E-state index is 0.0885. The van der Waals surface area contributed by atoms with E-state index in [1.807, 2.05) is 6.92 Å². The molecule has 0 aliphatic heterocycles. The summed E-state index contributed by atoms with van der Waals surface area (Å²) in [5.41, 5.74) is 0.708. The Bertz CT molecular complexity index is 594. The molecule has 0 bridgehead atoms. The van der Waals surface area contributed by atoms with Gasteiger partial charge in [-0.25, -0.2) is 13.1 Å². The van der Waals surface area contributed by atoms with Crippen molar-refractivity contribution in [1.29, 1.82) is 0 Å². The van der Waals surface area contributed by atoms with Crippen molar-refractivity contribution in [1.82, 2.24) is 10.0 Å². The normalized spacial score (nSPS) is 16.3. The number of benzene rings is 1. The fourth-order valence-corrected chi connectivity index (χ4v) is 3.17. The molecule has 0 heterocycles. The molecule has 1 amide bonds. The second-order valence-electron chi connectivity index (χ2n) is 5.18. The molecule has 1 aromatic carbocycles. The van der Waals surface area contributed by atoms with Gasteiger partial charge in [0.1, 0.15) is 6.04 Å². The summed E-state index contributed by atoms with van der Waals surface area (Å²) in [6, 6.07) is 6.12. The highest BCUT2D eigenvalue weighted by Gasteiger charge is 2.27.